The molecule has 4 rings (SSSR count). The first-order valence-corrected chi connectivity index (χ1v) is 8.54. The first kappa shape index (κ1) is 15.0. The second-order valence-electron chi connectivity index (χ2n) is 5.82. The molecule has 0 atom stereocenters. The van der Waals surface area contributed by atoms with Crippen molar-refractivity contribution in [2.24, 2.45) is 0 Å². The minimum absolute atomic E-state index is 0.0285. The number of carbonyl (C=O) groups is 1. The van der Waals surface area contributed by atoms with Crippen LogP contribution in [-0.2, 0) is 24.1 Å². The Labute approximate surface area is 143 Å². The zero-order chi connectivity index (χ0) is 16.7. The highest BCUT2D eigenvalue weighted by atomic mass is 32.1. The van der Waals surface area contributed by atoms with Gasteiger partial charge in [-0.15, -0.1) is 11.3 Å². The lowest BCUT2D eigenvalue weighted by molar-refractivity contribution is -0.117. The number of hydrogen-bond donors (Lipinski definition) is 1. The van der Waals surface area contributed by atoms with Crippen LogP contribution in [0.15, 0.2) is 41.0 Å². The number of carbonyl (C=O) groups excluding carboxylic acids is 1. The molecule has 0 saturated carbocycles. The lowest BCUT2D eigenvalue weighted by Gasteiger charge is -2.13. The van der Waals surface area contributed by atoms with Crippen molar-refractivity contribution in [3.63, 3.8) is 0 Å². The van der Waals surface area contributed by atoms with Gasteiger partial charge in [-0.2, -0.15) is 0 Å². The second-order valence-corrected chi connectivity index (χ2v) is 6.88. The highest BCUT2D eigenvalue weighted by molar-refractivity contribution is 7.16. The van der Waals surface area contributed by atoms with Gasteiger partial charge in [0.25, 0.3) is 0 Å². The summed E-state index contributed by atoms with van der Waals surface area (Å²) < 4.78 is 5.48. The van der Waals surface area contributed by atoms with Crippen molar-refractivity contribution in [3.8, 4) is 17.0 Å². The van der Waals surface area contributed by atoms with Crippen molar-refractivity contribution >= 4 is 22.4 Å². The molecule has 6 heteroatoms. The number of phenols is 1. The van der Waals surface area contributed by atoms with Crippen LogP contribution in [0, 0.1) is 0 Å². The van der Waals surface area contributed by atoms with Gasteiger partial charge in [-0.1, -0.05) is 12.1 Å². The Bertz CT molecular complexity index is 895. The van der Waals surface area contributed by atoms with Crippen LogP contribution >= 0.6 is 11.3 Å². The molecular formula is C18H16N2O3S. The van der Waals surface area contributed by atoms with E-state index >= 15 is 0 Å². The third-order valence-corrected chi connectivity index (χ3v) is 5.41. The number of likely N-dealkylation sites (N-methyl/N-ethyl adjacent to an activating group) is 1. The average molecular weight is 340 g/mol. The fourth-order valence-electron chi connectivity index (χ4n) is 2.85. The summed E-state index contributed by atoms with van der Waals surface area (Å²) in [6.45, 7) is 0. The van der Waals surface area contributed by atoms with E-state index in [-0.39, 0.29) is 18.1 Å². The standard InChI is InChI=1S/C18H16N2O3S/c1-20(16(22)10-11-2-4-12(21)5-3-11)18-19-17-13-8-9-23-14(13)6-7-15(17)24-18/h2-5,8-9,21H,6-7,10H2,1H3. The molecule has 0 unspecified atom stereocenters. The minimum atomic E-state index is -0.0285. The van der Waals surface area contributed by atoms with Gasteiger partial charge in [-0.05, 0) is 30.2 Å². The van der Waals surface area contributed by atoms with E-state index in [0.717, 1.165) is 35.4 Å². The smallest absolute Gasteiger partial charge is 0.232 e. The Hall–Kier alpha value is -2.60. The quantitative estimate of drug-likeness (QED) is 0.793. The van der Waals surface area contributed by atoms with Crippen LogP contribution < -0.4 is 4.90 Å². The first-order chi connectivity index (χ1) is 11.6. The molecule has 0 aliphatic heterocycles. The predicted octanol–water partition coefficient (Wildman–Crippen LogP) is 3.41. The van der Waals surface area contributed by atoms with Crippen LogP contribution in [0.5, 0.6) is 5.75 Å². The molecule has 2 aromatic heterocycles. The molecular weight excluding hydrogens is 324 g/mol. The van der Waals surface area contributed by atoms with Crippen molar-refractivity contribution in [2.45, 2.75) is 19.3 Å². The Kier molecular flexibility index (Phi) is 3.61. The number of phenolic OH excluding ortho intramolecular Hbond substituents is 1. The van der Waals surface area contributed by atoms with Crippen molar-refractivity contribution in [3.05, 3.63) is 52.8 Å². The number of fused-ring (bicyclic) bond motifs is 3. The molecule has 1 aromatic carbocycles. The highest BCUT2D eigenvalue weighted by Crippen LogP contribution is 2.39. The number of benzene rings is 1. The maximum Gasteiger partial charge on any atom is 0.232 e. The minimum Gasteiger partial charge on any atom is -0.508 e. The SMILES string of the molecule is CN(C(=O)Cc1ccc(O)cc1)c1nc2c(s1)CCc1occc1-2. The lowest BCUT2D eigenvalue weighted by Crippen LogP contribution is -2.27. The number of aryl methyl sites for hydroxylation is 2. The van der Waals surface area contributed by atoms with Gasteiger partial charge >= 0.3 is 0 Å². The van der Waals surface area contributed by atoms with E-state index in [4.69, 9.17) is 4.42 Å². The van der Waals surface area contributed by atoms with E-state index in [9.17, 15) is 9.90 Å². The molecule has 0 spiro atoms. The Morgan fingerprint density at radius 3 is 2.88 bits per heavy atom. The van der Waals surface area contributed by atoms with Crippen LogP contribution in [-0.4, -0.2) is 23.0 Å². The maximum atomic E-state index is 12.5. The van der Waals surface area contributed by atoms with Gasteiger partial charge in [0, 0.05) is 23.9 Å². The summed E-state index contributed by atoms with van der Waals surface area (Å²) in [5, 5.41) is 10.0. The largest absolute Gasteiger partial charge is 0.508 e. The third-order valence-electron chi connectivity index (χ3n) is 4.22. The van der Waals surface area contributed by atoms with Gasteiger partial charge in [-0.25, -0.2) is 4.98 Å². The number of aromatic nitrogens is 1. The Morgan fingerprint density at radius 1 is 1.29 bits per heavy atom. The molecule has 0 saturated heterocycles. The fraction of sp³-hybridized carbons (Fsp3) is 0.222. The molecule has 0 bridgehead atoms. The zero-order valence-electron chi connectivity index (χ0n) is 13.2. The monoisotopic (exact) mass is 340 g/mol. The Balaban J connectivity index is 1.56. The van der Waals surface area contributed by atoms with E-state index < -0.39 is 0 Å². The van der Waals surface area contributed by atoms with Gasteiger partial charge in [0.1, 0.15) is 11.5 Å². The van der Waals surface area contributed by atoms with Crippen LogP contribution in [0.4, 0.5) is 5.13 Å². The summed E-state index contributed by atoms with van der Waals surface area (Å²) in [6, 6.07) is 8.63. The first-order valence-electron chi connectivity index (χ1n) is 7.73. The molecule has 3 aromatic rings. The van der Waals surface area contributed by atoms with Crippen LogP contribution in [0.3, 0.4) is 0 Å². The Morgan fingerprint density at radius 2 is 2.08 bits per heavy atom. The van der Waals surface area contributed by atoms with Crippen molar-refractivity contribution < 1.29 is 14.3 Å². The summed E-state index contributed by atoms with van der Waals surface area (Å²) in [6.07, 6.45) is 3.74. The van der Waals surface area contributed by atoms with E-state index in [1.165, 1.54) is 4.88 Å². The third kappa shape index (κ3) is 2.59. The normalized spacial score (nSPS) is 12.5. The molecule has 1 aliphatic rings. The zero-order valence-corrected chi connectivity index (χ0v) is 14.0. The summed E-state index contributed by atoms with van der Waals surface area (Å²) in [4.78, 5) is 20.0. The number of anilines is 1. The molecule has 122 valence electrons. The van der Waals surface area contributed by atoms with E-state index in [1.54, 1.807) is 53.8 Å². The molecule has 1 N–H and O–H groups in total. The molecule has 1 amide bonds. The number of nitrogens with zero attached hydrogens (tertiary/aromatic N) is 2. The molecule has 1 aliphatic carbocycles. The van der Waals surface area contributed by atoms with Crippen LogP contribution in [0.25, 0.3) is 11.3 Å². The van der Waals surface area contributed by atoms with Crippen LogP contribution in [0.1, 0.15) is 16.2 Å². The van der Waals surface area contributed by atoms with E-state index in [2.05, 4.69) is 4.98 Å². The van der Waals surface area contributed by atoms with Gasteiger partial charge in [0.15, 0.2) is 5.13 Å². The van der Waals surface area contributed by atoms with Crippen molar-refractivity contribution in [1.29, 1.82) is 0 Å². The number of hydrogen-bond acceptors (Lipinski definition) is 5. The van der Waals surface area contributed by atoms with Gasteiger partial charge < -0.3 is 9.52 Å². The predicted molar refractivity (Wildman–Crippen MR) is 92.4 cm³/mol. The maximum absolute atomic E-state index is 12.5. The summed E-state index contributed by atoms with van der Waals surface area (Å²) in [7, 11) is 1.75. The topological polar surface area (TPSA) is 66.6 Å². The van der Waals surface area contributed by atoms with Gasteiger partial charge in [0.2, 0.25) is 5.91 Å². The molecule has 24 heavy (non-hydrogen) atoms. The van der Waals surface area contributed by atoms with Crippen LogP contribution in [0.2, 0.25) is 0 Å². The molecule has 0 radical (unpaired) electrons. The summed E-state index contributed by atoms with van der Waals surface area (Å²) in [5.74, 6) is 1.14. The number of rotatable bonds is 3. The van der Waals surface area contributed by atoms with E-state index in [1.807, 2.05) is 6.07 Å². The fourth-order valence-corrected chi connectivity index (χ4v) is 3.90. The number of furan rings is 1. The van der Waals surface area contributed by atoms with Crippen molar-refractivity contribution in [2.75, 3.05) is 11.9 Å². The molecule has 5 nitrogen and oxygen atoms in total. The summed E-state index contributed by atoms with van der Waals surface area (Å²) in [5.41, 5.74) is 2.84. The van der Waals surface area contributed by atoms with Crippen molar-refractivity contribution in [1.82, 2.24) is 4.98 Å². The molecule has 0 fully saturated rings. The molecule has 2 heterocycles. The van der Waals surface area contributed by atoms with Gasteiger partial charge in [0.05, 0.1) is 18.4 Å². The van der Waals surface area contributed by atoms with Gasteiger partial charge in [-0.3, -0.25) is 9.69 Å². The van der Waals surface area contributed by atoms with E-state index in [0.29, 0.717) is 5.13 Å². The highest BCUT2D eigenvalue weighted by Gasteiger charge is 2.25. The second kappa shape index (κ2) is 5.79. The summed E-state index contributed by atoms with van der Waals surface area (Å²) >= 11 is 1.56. The average Bonchev–Trinajstić information content (AvgIpc) is 3.21. The number of amides is 1. The number of aromatic hydroxyl groups is 1. The number of thiazole rings is 1. The lowest BCUT2D eigenvalue weighted by atomic mass is 10.0.